The van der Waals surface area contributed by atoms with E-state index in [4.69, 9.17) is 9.47 Å². The number of carbonyl (C=O) groups is 1. The number of likely N-dealkylation sites (tertiary alicyclic amines) is 1. The molecule has 2 aromatic carbocycles. The maximum Gasteiger partial charge on any atom is 0.229 e. The number of hydrogen-bond acceptors (Lipinski definition) is 4. The van der Waals surface area contributed by atoms with Gasteiger partial charge in [-0.2, -0.15) is 0 Å². The van der Waals surface area contributed by atoms with Crippen LogP contribution in [0.5, 0.6) is 5.75 Å². The maximum atomic E-state index is 13.6. The molecule has 2 bridgehead atoms. The summed E-state index contributed by atoms with van der Waals surface area (Å²) in [4.78, 5) is 15.5. The Balaban J connectivity index is 1.50. The first kappa shape index (κ1) is 16.6. The van der Waals surface area contributed by atoms with Gasteiger partial charge in [0, 0.05) is 18.0 Å². The summed E-state index contributed by atoms with van der Waals surface area (Å²) < 4.78 is 12.0. The van der Waals surface area contributed by atoms with E-state index in [-0.39, 0.29) is 35.7 Å². The van der Waals surface area contributed by atoms with Gasteiger partial charge in [-0.1, -0.05) is 42.5 Å². The second-order valence-electron chi connectivity index (χ2n) is 8.52. The zero-order chi connectivity index (χ0) is 19.0. The zero-order valence-electron chi connectivity index (χ0n) is 15.7. The first-order valence-electron chi connectivity index (χ1n) is 10.0. The van der Waals surface area contributed by atoms with Gasteiger partial charge < -0.3 is 19.5 Å². The van der Waals surface area contributed by atoms with Gasteiger partial charge in [-0.25, -0.2) is 0 Å². The highest BCUT2D eigenvalue weighted by Crippen LogP contribution is 2.70. The van der Waals surface area contributed by atoms with Crippen molar-refractivity contribution in [3.05, 3.63) is 65.7 Å². The summed E-state index contributed by atoms with van der Waals surface area (Å²) in [6.07, 6.45) is 0.179. The molecule has 2 saturated carbocycles. The third-order valence-corrected chi connectivity index (χ3v) is 7.46. The van der Waals surface area contributed by atoms with E-state index in [2.05, 4.69) is 0 Å². The van der Waals surface area contributed by atoms with Crippen molar-refractivity contribution in [1.82, 2.24) is 4.90 Å². The van der Waals surface area contributed by atoms with Crippen molar-refractivity contribution in [1.29, 1.82) is 0 Å². The Hall–Kier alpha value is -2.37. The van der Waals surface area contributed by atoms with Crippen molar-refractivity contribution in [2.45, 2.75) is 30.9 Å². The molecule has 4 aliphatic rings. The second kappa shape index (κ2) is 5.58. The highest BCUT2D eigenvalue weighted by atomic mass is 16.6. The van der Waals surface area contributed by atoms with E-state index >= 15 is 0 Å². The largest absolute Gasteiger partial charge is 0.497 e. The predicted molar refractivity (Wildman–Crippen MR) is 101 cm³/mol. The topological polar surface area (TPSA) is 59.0 Å². The normalized spacial score (nSPS) is 39.8. The van der Waals surface area contributed by atoms with E-state index in [1.54, 1.807) is 7.11 Å². The molecule has 2 aliphatic heterocycles. The minimum absolute atomic E-state index is 0.0217. The standard InChI is InChI=1S/C23H23NO4/c1-27-15-9-7-14(8-10-15)23-19-17-11-16(20(25)21(17)28-23)18(19)22(26)24(23)12-13-5-3-2-4-6-13/h2-10,16-21,25H,11-12H2,1H3. The summed E-state index contributed by atoms with van der Waals surface area (Å²) in [6.45, 7) is 0.515. The Kier molecular flexibility index (Phi) is 3.30. The average Bonchev–Trinajstić information content (AvgIpc) is 3.41. The van der Waals surface area contributed by atoms with Crippen LogP contribution in [0.25, 0.3) is 0 Å². The Morgan fingerprint density at radius 2 is 1.89 bits per heavy atom. The molecule has 4 fully saturated rings. The van der Waals surface area contributed by atoms with Crippen LogP contribution in [0.2, 0.25) is 0 Å². The molecule has 2 heterocycles. The lowest BCUT2D eigenvalue weighted by molar-refractivity contribution is -0.184. The molecule has 28 heavy (non-hydrogen) atoms. The van der Waals surface area contributed by atoms with E-state index in [1.165, 1.54) is 0 Å². The van der Waals surface area contributed by atoms with Gasteiger partial charge in [0.15, 0.2) is 5.72 Å². The second-order valence-corrected chi connectivity index (χ2v) is 8.52. The fraction of sp³-hybridized carbons (Fsp3) is 0.435. The van der Waals surface area contributed by atoms with Gasteiger partial charge in [-0.3, -0.25) is 4.79 Å². The number of ether oxygens (including phenoxy) is 2. The molecule has 1 amide bonds. The summed E-state index contributed by atoms with van der Waals surface area (Å²) in [5.74, 6) is 1.13. The van der Waals surface area contributed by atoms with Gasteiger partial charge in [-0.05, 0) is 36.0 Å². The quantitative estimate of drug-likeness (QED) is 0.890. The van der Waals surface area contributed by atoms with Crippen LogP contribution in [-0.4, -0.2) is 35.2 Å². The van der Waals surface area contributed by atoms with Gasteiger partial charge in [0.1, 0.15) is 5.75 Å². The lowest BCUT2D eigenvalue weighted by Crippen LogP contribution is -2.48. The summed E-state index contributed by atoms with van der Waals surface area (Å²) >= 11 is 0. The molecule has 6 rings (SSSR count). The van der Waals surface area contributed by atoms with Gasteiger partial charge >= 0.3 is 0 Å². The minimum atomic E-state index is -0.800. The summed E-state index contributed by atoms with van der Waals surface area (Å²) in [7, 11) is 1.65. The number of carbonyl (C=O) groups excluding carboxylic acids is 1. The SMILES string of the molecule is COc1ccc(C23OC4C(O)C5CC4C2C5C(=O)N3Cc2ccccc2)cc1. The fourth-order valence-electron chi connectivity index (χ4n) is 6.44. The lowest BCUT2D eigenvalue weighted by atomic mass is 9.75. The number of aliphatic hydroxyl groups excluding tert-OH is 1. The molecule has 0 aromatic heterocycles. The number of rotatable bonds is 4. The molecular formula is C23H23NO4. The van der Waals surface area contributed by atoms with Crippen LogP contribution in [0.1, 0.15) is 17.5 Å². The van der Waals surface area contributed by atoms with E-state index in [9.17, 15) is 9.90 Å². The molecule has 0 radical (unpaired) electrons. The highest BCUT2D eigenvalue weighted by Gasteiger charge is 2.78. The van der Waals surface area contributed by atoms with Crippen molar-refractivity contribution < 1.29 is 19.4 Å². The molecule has 7 unspecified atom stereocenters. The van der Waals surface area contributed by atoms with E-state index < -0.39 is 11.8 Å². The van der Waals surface area contributed by atoms with Crippen molar-refractivity contribution in [3.63, 3.8) is 0 Å². The van der Waals surface area contributed by atoms with E-state index in [0.29, 0.717) is 6.54 Å². The summed E-state index contributed by atoms with van der Waals surface area (Å²) in [6, 6.07) is 17.9. The highest BCUT2D eigenvalue weighted by molar-refractivity contribution is 5.85. The van der Waals surface area contributed by atoms with Crippen LogP contribution in [0.4, 0.5) is 0 Å². The Labute approximate surface area is 163 Å². The van der Waals surface area contributed by atoms with Crippen molar-refractivity contribution in [2.24, 2.45) is 23.7 Å². The van der Waals surface area contributed by atoms with Gasteiger partial charge in [0.2, 0.25) is 5.91 Å². The van der Waals surface area contributed by atoms with Crippen molar-refractivity contribution >= 4 is 5.91 Å². The number of benzene rings is 2. The van der Waals surface area contributed by atoms with Gasteiger partial charge in [0.25, 0.3) is 0 Å². The average molecular weight is 377 g/mol. The Morgan fingerprint density at radius 3 is 2.61 bits per heavy atom. The number of aliphatic hydroxyl groups is 1. The number of amides is 1. The first-order chi connectivity index (χ1) is 13.6. The number of nitrogens with zero attached hydrogens (tertiary/aromatic N) is 1. The van der Waals surface area contributed by atoms with E-state index in [0.717, 1.165) is 23.3 Å². The Morgan fingerprint density at radius 1 is 1.14 bits per heavy atom. The van der Waals surface area contributed by atoms with E-state index in [1.807, 2.05) is 59.5 Å². The van der Waals surface area contributed by atoms with Crippen LogP contribution in [0.3, 0.4) is 0 Å². The summed E-state index contributed by atoms with van der Waals surface area (Å²) in [5, 5.41) is 10.7. The van der Waals surface area contributed by atoms with Gasteiger partial charge in [-0.15, -0.1) is 0 Å². The molecule has 5 nitrogen and oxygen atoms in total. The molecular weight excluding hydrogens is 354 g/mol. The predicted octanol–water partition coefficient (Wildman–Crippen LogP) is 2.53. The third kappa shape index (κ3) is 1.86. The molecule has 5 heteroatoms. The molecule has 2 aromatic rings. The molecule has 1 N–H and O–H groups in total. The zero-order valence-corrected chi connectivity index (χ0v) is 15.7. The van der Waals surface area contributed by atoms with Crippen molar-refractivity contribution in [3.8, 4) is 5.75 Å². The van der Waals surface area contributed by atoms with Crippen LogP contribution in [0, 0.1) is 23.7 Å². The maximum absolute atomic E-state index is 13.6. The molecule has 7 atom stereocenters. The Bertz CT molecular complexity index is 929. The molecule has 0 spiro atoms. The number of hydrogen-bond donors (Lipinski definition) is 1. The van der Waals surface area contributed by atoms with Crippen LogP contribution >= 0.6 is 0 Å². The lowest BCUT2D eigenvalue weighted by Gasteiger charge is -2.39. The third-order valence-electron chi connectivity index (χ3n) is 7.46. The number of methoxy groups -OCH3 is 1. The van der Waals surface area contributed by atoms with Crippen LogP contribution < -0.4 is 4.74 Å². The van der Waals surface area contributed by atoms with Crippen molar-refractivity contribution in [2.75, 3.05) is 7.11 Å². The molecule has 2 saturated heterocycles. The fourth-order valence-corrected chi connectivity index (χ4v) is 6.44. The summed E-state index contributed by atoms with van der Waals surface area (Å²) in [5.41, 5.74) is 1.27. The van der Waals surface area contributed by atoms with Crippen LogP contribution in [0.15, 0.2) is 54.6 Å². The van der Waals surface area contributed by atoms with Crippen LogP contribution in [-0.2, 0) is 21.8 Å². The first-order valence-corrected chi connectivity index (χ1v) is 10.0. The van der Waals surface area contributed by atoms with Gasteiger partial charge in [0.05, 0.1) is 25.2 Å². The smallest absolute Gasteiger partial charge is 0.229 e. The number of fused-ring (bicyclic) bond motifs is 2. The molecule has 144 valence electrons. The monoisotopic (exact) mass is 377 g/mol. The molecule has 2 aliphatic carbocycles. The minimum Gasteiger partial charge on any atom is -0.497 e.